The van der Waals surface area contributed by atoms with Crippen molar-refractivity contribution in [2.45, 2.75) is 44.3 Å². The number of nitrogens with two attached hydrogens (primary N) is 1. The van der Waals surface area contributed by atoms with Crippen molar-refractivity contribution in [2.24, 2.45) is 5.73 Å². The number of benzene rings is 2. The molecule has 11 heteroatoms. The quantitative estimate of drug-likeness (QED) is 0.535. The van der Waals surface area contributed by atoms with Crippen LogP contribution in [0.3, 0.4) is 0 Å². The summed E-state index contributed by atoms with van der Waals surface area (Å²) in [5, 5.41) is 2.48. The average molecular weight is 477 g/mol. The number of Topliss-reactive ketones (excluding diaryl/α,β-unsaturated/α-hetero) is 1. The zero-order valence-corrected chi connectivity index (χ0v) is 17.9. The van der Waals surface area contributed by atoms with Crippen LogP contribution in [0, 0.1) is 0 Å². The van der Waals surface area contributed by atoms with Gasteiger partial charge in [-0.2, -0.15) is 0 Å². The fraction of sp³-hybridized carbons (Fsp3) is 0.304. The fourth-order valence-electron chi connectivity index (χ4n) is 3.75. The number of para-hydroxylation sites is 1. The first kappa shape index (κ1) is 24.7. The second kappa shape index (κ2) is 10.4. The Labute approximate surface area is 192 Å². The Morgan fingerprint density at radius 3 is 2.38 bits per heavy atom. The normalized spacial score (nSPS) is 16.7. The van der Waals surface area contributed by atoms with E-state index >= 15 is 0 Å². The van der Waals surface area contributed by atoms with Gasteiger partial charge in [0.1, 0.15) is 17.8 Å². The Balaban J connectivity index is 1.78. The summed E-state index contributed by atoms with van der Waals surface area (Å²) < 4.78 is 42.3. The van der Waals surface area contributed by atoms with Crippen molar-refractivity contribution in [1.82, 2.24) is 10.2 Å². The Hall–Kier alpha value is -3.89. The highest BCUT2D eigenvalue weighted by Gasteiger charge is 2.39. The van der Waals surface area contributed by atoms with Gasteiger partial charge in [-0.15, -0.1) is 13.2 Å². The molecule has 2 atom stereocenters. The largest absolute Gasteiger partial charge is 0.573 e. The first-order valence-electron chi connectivity index (χ1n) is 10.4. The summed E-state index contributed by atoms with van der Waals surface area (Å²) in [4.78, 5) is 50.4. The number of primary amides is 1. The average Bonchev–Trinajstić information content (AvgIpc) is 3.14. The number of hydrogen-bond acceptors (Lipinski definition) is 5. The lowest BCUT2D eigenvalue weighted by molar-refractivity contribution is -0.275. The number of alkyl halides is 3. The van der Waals surface area contributed by atoms with Crippen LogP contribution in [-0.4, -0.2) is 46.9 Å². The van der Waals surface area contributed by atoms with Gasteiger partial charge in [0.25, 0.3) is 5.91 Å². The Morgan fingerprint density at radius 1 is 1.09 bits per heavy atom. The Kier molecular flexibility index (Phi) is 7.54. The molecule has 0 aromatic heterocycles. The van der Waals surface area contributed by atoms with Gasteiger partial charge < -0.3 is 20.7 Å². The Morgan fingerprint density at radius 2 is 1.74 bits per heavy atom. The molecule has 1 heterocycles. The number of amides is 3. The van der Waals surface area contributed by atoms with E-state index in [2.05, 4.69) is 10.1 Å². The summed E-state index contributed by atoms with van der Waals surface area (Å²) in [7, 11) is 0. The highest BCUT2D eigenvalue weighted by Crippen LogP contribution is 2.30. The molecule has 2 aromatic rings. The van der Waals surface area contributed by atoms with Gasteiger partial charge >= 0.3 is 6.36 Å². The van der Waals surface area contributed by atoms with E-state index < -0.39 is 47.7 Å². The number of likely N-dealkylation sites (tertiary alicyclic amines) is 1. The topological polar surface area (TPSA) is 119 Å². The van der Waals surface area contributed by atoms with Crippen molar-refractivity contribution in [1.29, 1.82) is 0 Å². The Bertz CT molecular complexity index is 1080. The predicted molar refractivity (Wildman–Crippen MR) is 113 cm³/mol. The van der Waals surface area contributed by atoms with Crippen LogP contribution >= 0.6 is 0 Å². The van der Waals surface area contributed by atoms with Gasteiger partial charge in [0.15, 0.2) is 0 Å². The first-order chi connectivity index (χ1) is 16.0. The van der Waals surface area contributed by atoms with Gasteiger partial charge in [-0.25, -0.2) is 0 Å². The van der Waals surface area contributed by atoms with Crippen molar-refractivity contribution in [3.05, 3.63) is 65.7 Å². The van der Waals surface area contributed by atoms with Crippen LogP contribution in [0.15, 0.2) is 54.6 Å². The molecule has 3 N–H and O–H groups in total. The maximum Gasteiger partial charge on any atom is 0.573 e. The molecule has 0 aliphatic carbocycles. The first-order valence-corrected chi connectivity index (χ1v) is 10.4. The maximum atomic E-state index is 13.0. The smallest absolute Gasteiger partial charge is 0.405 e. The highest BCUT2D eigenvalue weighted by atomic mass is 19.4. The molecule has 1 aliphatic heterocycles. The van der Waals surface area contributed by atoms with Gasteiger partial charge in [0.2, 0.25) is 17.6 Å². The van der Waals surface area contributed by atoms with Gasteiger partial charge in [-0.3, -0.25) is 19.2 Å². The summed E-state index contributed by atoms with van der Waals surface area (Å²) in [5.41, 5.74) is 5.85. The lowest BCUT2D eigenvalue weighted by Crippen LogP contribution is -2.53. The fourth-order valence-corrected chi connectivity index (χ4v) is 3.75. The van der Waals surface area contributed by atoms with Gasteiger partial charge in [-0.1, -0.05) is 48.5 Å². The lowest BCUT2D eigenvalue weighted by Gasteiger charge is -2.27. The summed E-state index contributed by atoms with van der Waals surface area (Å²) >= 11 is 0. The predicted octanol–water partition coefficient (Wildman–Crippen LogP) is 1.86. The third-order valence-electron chi connectivity index (χ3n) is 5.33. The molecule has 1 aliphatic rings. The molecular formula is C23H22F3N3O5. The van der Waals surface area contributed by atoms with Crippen LogP contribution in [0.4, 0.5) is 13.2 Å². The monoisotopic (exact) mass is 477 g/mol. The standard InChI is InChI=1S/C23H22F3N3O5/c24-23(25,26)34-18-9-5-4-8-15(18)13-29-17(10-11-19(29)30)22(33)28-16(20(31)21(27)32)12-14-6-2-1-3-7-14/h1-9,16-17H,10-13H2,(H2,27,32)(H,28,33). The molecule has 2 unspecified atom stereocenters. The van der Waals surface area contributed by atoms with Crippen LogP contribution in [0.2, 0.25) is 0 Å². The van der Waals surface area contributed by atoms with Crippen molar-refractivity contribution in [3.8, 4) is 5.75 Å². The molecule has 2 aromatic carbocycles. The van der Waals surface area contributed by atoms with E-state index in [-0.39, 0.29) is 31.4 Å². The molecule has 0 saturated carbocycles. The van der Waals surface area contributed by atoms with Crippen molar-refractivity contribution < 1.29 is 37.1 Å². The van der Waals surface area contributed by atoms with Gasteiger partial charge in [0.05, 0.1) is 6.54 Å². The van der Waals surface area contributed by atoms with E-state index in [1.165, 1.54) is 18.2 Å². The van der Waals surface area contributed by atoms with Crippen LogP contribution in [0.1, 0.15) is 24.0 Å². The van der Waals surface area contributed by atoms with Crippen LogP contribution in [-0.2, 0) is 32.1 Å². The lowest BCUT2D eigenvalue weighted by atomic mass is 10.0. The number of halogens is 3. The van der Waals surface area contributed by atoms with Crippen LogP contribution < -0.4 is 15.8 Å². The molecule has 0 bridgehead atoms. The van der Waals surface area contributed by atoms with E-state index in [0.29, 0.717) is 5.56 Å². The second-order valence-electron chi connectivity index (χ2n) is 7.71. The molecule has 1 saturated heterocycles. The second-order valence-corrected chi connectivity index (χ2v) is 7.71. The van der Waals surface area contributed by atoms with E-state index in [9.17, 15) is 32.3 Å². The zero-order valence-electron chi connectivity index (χ0n) is 17.9. The SMILES string of the molecule is NC(=O)C(=O)C(Cc1ccccc1)NC(=O)C1CCC(=O)N1Cc1ccccc1OC(F)(F)F. The van der Waals surface area contributed by atoms with Crippen LogP contribution in [0.25, 0.3) is 0 Å². The number of carbonyl (C=O) groups excluding carboxylic acids is 4. The molecule has 0 spiro atoms. The molecule has 8 nitrogen and oxygen atoms in total. The minimum atomic E-state index is -4.93. The number of nitrogens with zero attached hydrogens (tertiary/aromatic N) is 1. The minimum Gasteiger partial charge on any atom is -0.405 e. The third-order valence-corrected chi connectivity index (χ3v) is 5.33. The highest BCUT2D eigenvalue weighted by molar-refractivity contribution is 6.38. The number of rotatable bonds is 9. The summed E-state index contributed by atoms with van der Waals surface area (Å²) in [5.74, 6) is -3.87. The van der Waals surface area contributed by atoms with Gasteiger partial charge in [-0.05, 0) is 18.1 Å². The van der Waals surface area contributed by atoms with E-state index in [4.69, 9.17) is 5.73 Å². The minimum absolute atomic E-state index is 0.00270. The maximum absolute atomic E-state index is 13.0. The molecular weight excluding hydrogens is 455 g/mol. The van der Waals surface area contributed by atoms with E-state index in [1.54, 1.807) is 30.3 Å². The number of nitrogens with one attached hydrogen (secondary N) is 1. The number of ether oxygens (including phenoxy) is 1. The number of carbonyl (C=O) groups is 4. The van der Waals surface area contributed by atoms with E-state index in [1.807, 2.05) is 0 Å². The molecule has 3 amide bonds. The number of ketones is 1. The molecule has 1 fully saturated rings. The number of hydrogen-bond donors (Lipinski definition) is 2. The van der Waals surface area contributed by atoms with Crippen molar-refractivity contribution in [2.75, 3.05) is 0 Å². The van der Waals surface area contributed by atoms with E-state index in [0.717, 1.165) is 11.0 Å². The summed E-state index contributed by atoms with van der Waals surface area (Å²) in [6, 6.07) is 11.6. The third kappa shape index (κ3) is 6.33. The summed E-state index contributed by atoms with van der Waals surface area (Å²) in [6.45, 7) is -0.309. The molecule has 0 radical (unpaired) electrons. The molecule has 180 valence electrons. The van der Waals surface area contributed by atoms with Crippen LogP contribution in [0.5, 0.6) is 5.75 Å². The van der Waals surface area contributed by atoms with Crippen molar-refractivity contribution >= 4 is 23.5 Å². The molecule has 34 heavy (non-hydrogen) atoms. The van der Waals surface area contributed by atoms with Crippen molar-refractivity contribution in [3.63, 3.8) is 0 Å². The molecule has 3 rings (SSSR count). The van der Waals surface area contributed by atoms with Gasteiger partial charge in [0, 0.05) is 18.4 Å². The zero-order chi connectivity index (χ0) is 24.9. The summed E-state index contributed by atoms with van der Waals surface area (Å²) in [6.07, 6.45) is -4.85.